The van der Waals surface area contributed by atoms with Crippen LogP contribution in [0.25, 0.3) is 20.8 Å². The predicted octanol–water partition coefficient (Wildman–Crippen LogP) is 2.98. The number of nitrogens with zero attached hydrogens (tertiary/aromatic N) is 1. The Balaban J connectivity index is 0.000000552. The Morgan fingerprint density at radius 2 is 1.81 bits per heavy atom. The van der Waals surface area contributed by atoms with Gasteiger partial charge in [-0.3, -0.25) is 0 Å². The predicted molar refractivity (Wildman–Crippen MR) is 92.4 cm³/mol. The second kappa shape index (κ2) is 7.84. The molecule has 1 heterocycles. The first-order valence-corrected chi connectivity index (χ1v) is 8.53. The Bertz CT molecular complexity index is 917. The van der Waals surface area contributed by atoms with Gasteiger partial charge < -0.3 is 15.6 Å². The van der Waals surface area contributed by atoms with Gasteiger partial charge in [0.15, 0.2) is 0 Å². The van der Waals surface area contributed by atoms with E-state index < -0.39 is 17.7 Å². The summed E-state index contributed by atoms with van der Waals surface area (Å²) in [5.41, 5.74) is 3.32. The van der Waals surface area contributed by atoms with Crippen LogP contribution in [0, 0.1) is 0 Å². The molecule has 1 aromatic heterocycles. The van der Waals surface area contributed by atoms with Crippen LogP contribution in [0.2, 0.25) is 0 Å². The number of quaternary nitrogens is 1. The number of benzene rings is 2. The van der Waals surface area contributed by atoms with E-state index in [9.17, 15) is 23.1 Å². The van der Waals surface area contributed by atoms with Crippen molar-refractivity contribution in [3.63, 3.8) is 0 Å². The Kier molecular flexibility index (Phi) is 5.99. The first-order chi connectivity index (χ1) is 12.1. The highest BCUT2D eigenvalue weighted by molar-refractivity contribution is 7.21. The van der Waals surface area contributed by atoms with Gasteiger partial charge >= 0.3 is 6.18 Å². The number of fused-ring (bicyclic) bond motifs is 1. The van der Waals surface area contributed by atoms with Crippen LogP contribution in [0.3, 0.4) is 0 Å². The molecule has 3 rings (SSSR count). The highest BCUT2D eigenvalue weighted by atomic mass is 32.1. The molecule has 0 aliphatic rings. The summed E-state index contributed by atoms with van der Waals surface area (Å²) in [6, 6.07) is 9.96. The smallest absolute Gasteiger partial charge is 0.416 e. The highest BCUT2D eigenvalue weighted by Crippen LogP contribution is 2.36. The lowest BCUT2D eigenvalue weighted by atomic mass is 10.1. The lowest BCUT2D eigenvalue weighted by molar-refractivity contribution is -0.407. The van der Waals surface area contributed by atoms with Gasteiger partial charge in [0.25, 0.3) is 0 Å². The van der Waals surface area contributed by atoms with Crippen molar-refractivity contribution in [2.24, 2.45) is 0 Å². The number of carbonyl (C=O) groups excluding carboxylic acids is 1. The van der Waals surface area contributed by atoms with Crippen LogP contribution < -0.4 is 10.8 Å². The summed E-state index contributed by atoms with van der Waals surface area (Å²) in [5, 5.41) is 11.5. The number of carboxylic acids is 1. The molecule has 3 N–H and O–H groups in total. The molecular formula is C18H17F3N2O2S. The number of carbonyl (C=O) groups is 1. The molecule has 0 fully saturated rings. The van der Waals surface area contributed by atoms with Gasteiger partial charge in [-0.25, -0.2) is 4.98 Å². The van der Waals surface area contributed by atoms with E-state index in [1.165, 1.54) is 12.1 Å². The molecule has 2 aromatic carbocycles. The average molecular weight is 382 g/mol. The zero-order chi connectivity index (χ0) is 19.5. The van der Waals surface area contributed by atoms with Gasteiger partial charge in [0, 0.05) is 11.1 Å². The van der Waals surface area contributed by atoms with Gasteiger partial charge in [-0.15, -0.1) is 11.3 Å². The number of rotatable bonds is 2. The molecule has 8 heteroatoms. The Morgan fingerprint density at radius 3 is 2.38 bits per heavy atom. The molecule has 0 aliphatic carbocycles. The minimum atomic E-state index is -4.44. The first kappa shape index (κ1) is 19.9. The van der Waals surface area contributed by atoms with E-state index >= 15 is 0 Å². The van der Waals surface area contributed by atoms with E-state index in [4.69, 9.17) is 0 Å². The molecule has 0 atom stereocenters. The third-order valence-electron chi connectivity index (χ3n) is 3.09. The molecule has 0 aliphatic heterocycles. The standard InChI is InChI=1S/C15H8F3NO2S.C3H9N/c16-15(17,18)8-5-6-12-11(7-8)19-13(22-12)9-3-1-2-4-10(9)14(20)21;1-3(2)4/h1-7H,(H,20,21);3H,4H2,1-2H3. The number of aromatic nitrogens is 1. The molecular weight excluding hydrogens is 365 g/mol. The summed E-state index contributed by atoms with van der Waals surface area (Å²) in [5.74, 6) is -1.36. The lowest BCUT2D eigenvalue weighted by Crippen LogP contribution is -2.57. The minimum absolute atomic E-state index is 0.0439. The van der Waals surface area contributed by atoms with Gasteiger partial charge in [0.2, 0.25) is 0 Å². The van der Waals surface area contributed by atoms with E-state index in [0.717, 1.165) is 23.5 Å². The Morgan fingerprint density at radius 1 is 1.19 bits per heavy atom. The van der Waals surface area contributed by atoms with Crippen LogP contribution in [0.4, 0.5) is 13.2 Å². The molecule has 4 nitrogen and oxygen atoms in total. The number of carboxylic acid groups (broad SMARTS) is 1. The van der Waals surface area contributed by atoms with Crippen molar-refractivity contribution in [2.45, 2.75) is 26.1 Å². The molecule has 0 unspecified atom stereocenters. The van der Waals surface area contributed by atoms with Crippen molar-refractivity contribution in [2.75, 3.05) is 0 Å². The number of thiazole rings is 1. The van der Waals surface area contributed by atoms with Crippen molar-refractivity contribution >= 4 is 27.5 Å². The normalized spacial score (nSPS) is 11.3. The molecule has 0 saturated carbocycles. The van der Waals surface area contributed by atoms with Crippen molar-refractivity contribution in [1.82, 2.24) is 4.98 Å². The number of aromatic carboxylic acids is 1. The van der Waals surface area contributed by atoms with Crippen LogP contribution >= 0.6 is 11.3 Å². The van der Waals surface area contributed by atoms with E-state index in [0.29, 0.717) is 21.3 Å². The topological polar surface area (TPSA) is 80.7 Å². The van der Waals surface area contributed by atoms with Gasteiger partial charge in [-0.2, -0.15) is 13.2 Å². The van der Waals surface area contributed by atoms with Gasteiger partial charge in [0.1, 0.15) is 5.01 Å². The van der Waals surface area contributed by atoms with Crippen LogP contribution in [-0.2, 0) is 6.18 Å². The average Bonchev–Trinajstić information content (AvgIpc) is 2.96. The molecule has 0 amide bonds. The van der Waals surface area contributed by atoms with Gasteiger partial charge in [-0.05, 0) is 32.0 Å². The fourth-order valence-electron chi connectivity index (χ4n) is 2.07. The highest BCUT2D eigenvalue weighted by Gasteiger charge is 2.30. The molecule has 0 spiro atoms. The SMILES string of the molecule is CC(C)[NH3+].O=C([O-])c1ccccc1-c1nc2cc(C(F)(F)F)ccc2s1. The third-order valence-corrected chi connectivity index (χ3v) is 4.16. The largest absolute Gasteiger partial charge is 0.545 e. The molecule has 0 saturated heterocycles. The van der Waals surface area contributed by atoms with Crippen molar-refractivity contribution < 1.29 is 28.8 Å². The third kappa shape index (κ3) is 4.80. The maximum absolute atomic E-state index is 12.7. The van der Waals surface area contributed by atoms with Crippen LogP contribution in [0.5, 0.6) is 0 Å². The first-order valence-electron chi connectivity index (χ1n) is 7.71. The zero-order valence-corrected chi connectivity index (χ0v) is 14.9. The summed E-state index contributed by atoms with van der Waals surface area (Å²) < 4.78 is 38.7. The zero-order valence-electron chi connectivity index (χ0n) is 14.1. The Labute approximate surface area is 152 Å². The van der Waals surface area contributed by atoms with Crippen molar-refractivity contribution in [3.8, 4) is 10.6 Å². The molecule has 138 valence electrons. The van der Waals surface area contributed by atoms with Gasteiger partial charge in [-0.1, -0.05) is 24.3 Å². The molecule has 3 aromatic rings. The molecule has 0 bridgehead atoms. The lowest BCUT2D eigenvalue weighted by Gasteiger charge is -2.06. The number of hydrogen-bond acceptors (Lipinski definition) is 4. The summed E-state index contributed by atoms with van der Waals surface area (Å²) in [6.07, 6.45) is -4.44. The van der Waals surface area contributed by atoms with Crippen LogP contribution in [0.15, 0.2) is 42.5 Å². The van der Waals surface area contributed by atoms with Crippen molar-refractivity contribution in [1.29, 1.82) is 0 Å². The van der Waals surface area contributed by atoms with Gasteiger partial charge in [0.05, 0.1) is 27.8 Å². The molecule has 26 heavy (non-hydrogen) atoms. The van der Waals surface area contributed by atoms with E-state index in [1.807, 2.05) is 0 Å². The fourth-order valence-corrected chi connectivity index (χ4v) is 3.05. The number of alkyl halides is 3. The monoisotopic (exact) mass is 382 g/mol. The van der Waals surface area contributed by atoms with Crippen LogP contribution in [0.1, 0.15) is 29.8 Å². The maximum Gasteiger partial charge on any atom is 0.416 e. The quantitative estimate of drug-likeness (QED) is 0.740. The Hall–Kier alpha value is -2.45. The second-order valence-corrected chi connectivity index (χ2v) is 6.96. The van der Waals surface area contributed by atoms with Crippen molar-refractivity contribution in [3.05, 3.63) is 53.6 Å². The second-order valence-electron chi connectivity index (χ2n) is 5.93. The maximum atomic E-state index is 12.7. The summed E-state index contributed by atoms with van der Waals surface area (Å²) >= 11 is 1.13. The van der Waals surface area contributed by atoms with E-state index in [2.05, 4.69) is 24.6 Å². The van der Waals surface area contributed by atoms with Crippen LogP contribution in [-0.4, -0.2) is 17.0 Å². The van der Waals surface area contributed by atoms with E-state index in [1.54, 1.807) is 18.2 Å². The van der Waals surface area contributed by atoms with E-state index in [-0.39, 0.29) is 11.1 Å². The summed E-state index contributed by atoms with van der Waals surface area (Å²) in [4.78, 5) is 15.2. The number of halogens is 3. The summed E-state index contributed by atoms with van der Waals surface area (Å²) in [6.45, 7) is 4.11. The molecule has 0 radical (unpaired) electrons. The fraction of sp³-hybridized carbons (Fsp3) is 0.222. The minimum Gasteiger partial charge on any atom is -0.545 e. The summed E-state index contributed by atoms with van der Waals surface area (Å²) in [7, 11) is 0. The number of hydrogen-bond donors (Lipinski definition) is 1.